The molecule has 2 aromatic rings. The van der Waals surface area contributed by atoms with Crippen molar-refractivity contribution in [1.29, 1.82) is 0 Å². The first-order chi connectivity index (χ1) is 11.8. The highest BCUT2D eigenvalue weighted by atomic mass is 16.3. The van der Waals surface area contributed by atoms with Crippen molar-refractivity contribution in [1.82, 2.24) is 14.5 Å². The number of imidazole rings is 1. The fourth-order valence-corrected chi connectivity index (χ4v) is 4.63. The number of fused-ring (bicyclic) bond motifs is 3. The zero-order valence-electron chi connectivity index (χ0n) is 14.1. The Balaban J connectivity index is 1.46. The van der Waals surface area contributed by atoms with Crippen LogP contribution in [-0.2, 0) is 0 Å². The molecule has 5 rings (SSSR count). The number of pyridine rings is 1. The van der Waals surface area contributed by atoms with E-state index in [1.165, 1.54) is 56.2 Å². The highest BCUT2D eigenvalue weighted by molar-refractivity contribution is 5.67. The first-order valence-corrected chi connectivity index (χ1v) is 9.52. The van der Waals surface area contributed by atoms with Gasteiger partial charge in [-0.2, -0.15) is 0 Å². The quantitative estimate of drug-likeness (QED) is 0.923. The number of rotatable bonds is 4. The van der Waals surface area contributed by atoms with Crippen LogP contribution in [0, 0.1) is 5.92 Å². The van der Waals surface area contributed by atoms with Crippen molar-refractivity contribution in [2.45, 2.75) is 69.4 Å². The Bertz CT molecular complexity index is 743. The highest BCUT2D eigenvalue weighted by Crippen LogP contribution is 2.45. The highest BCUT2D eigenvalue weighted by Gasteiger charge is 2.35. The van der Waals surface area contributed by atoms with E-state index in [-0.39, 0.29) is 12.1 Å². The van der Waals surface area contributed by atoms with E-state index in [2.05, 4.69) is 21.7 Å². The van der Waals surface area contributed by atoms with Crippen LogP contribution in [0.2, 0.25) is 0 Å². The monoisotopic (exact) mass is 323 g/mol. The van der Waals surface area contributed by atoms with Gasteiger partial charge in [-0.05, 0) is 43.7 Å². The van der Waals surface area contributed by atoms with Crippen LogP contribution in [0.15, 0.2) is 24.7 Å². The van der Waals surface area contributed by atoms with Gasteiger partial charge in [0, 0.05) is 23.6 Å². The summed E-state index contributed by atoms with van der Waals surface area (Å²) in [7, 11) is 0. The van der Waals surface area contributed by atoms with Gasteiger partial charge in [0.25, 0.3) is 0 Å². The molecule has 126 valence electrons. The molecule has 0 bridgehead atoms. The zero-order valence-corrected chi connectivity index (χ0v) is 14.1. The van der Waals surface area contributed by atoms with Gasteiger partial charge in [0.05, 0.1) is 36.1 Å². The molecule has 4 heteroatoms. The van der Waals surface area contributed by atoms with Crippen LogP contribution in [0.25, 0.3) is 11.3 Å². The largest absolute Gasteiger partial charge is 0.393 e. The molecule has 1 aliphatic heterocycles. The van der Waals surface area contributed by atoms with E-state index in [0.29, 0.717) is 11.8 Å². The topological polar surface area (TPSA) is 50.9 Å². The van der Waals surface area contributed by atoms with Gasteiger partial charge in [0.2, 0.25) is 0 Å². The molecule has 0 saturated heterocycles. The molecule has 0 radical (unpaired) electrons. The molecular weight excluding hydrogens is 298 g/mol. The summed E-state index contributed by atoms with van der Waals surface area (Å²) in [5.74, 6) is 1.12. The third kappa shape index (κ3) is 2.39. The minimum Gasteiger partial charge on any atom is -0.393 e. The number of hydrogen-bond donors (Lipinski definition) is 1. The van der Waals surface area contributed by atoms with Crippen LogP contribution in [0.1, 0.15) is 74.7 Å². The maximum absolute atomic E-state index is 10.9. The Morgan fingerprint density at radius 3 is 2.75 bits per heavy atom. The third-order valence-corrected chi connectivity index (χ3v) is 6.19. The molecule has 3 heterocycles. The van der Waals surface area contributed by atoms with E-state index in [4.69, 9.17) is 4.98 Å². The number of nitrogens with zero attached hydrogens (tertiary/aromatic N) is 3. The third-order valence-electron chi connectivity index (χ3n) is 6.19. The lowest BCUT2D eigenvalue weighted by molar-refractivity contribution is 0.0683. The van der Waals surface area contributed by atoms with E-state index < -0.39 is 0 Å². The standard InChI is InChI=1S/C20H25N3O/c24-19(14-4-2-1-3-5-14)10-17-20-15(18-11-21-12-23(17)18)8-9-16(22-20)13-6-7-13/h8-9,11-14,17,19,24H,1-7,10H2. The van der Waals surface area contributed by atoms with E-state index >= 15 is 0 Å². The normalized spacial score (nSPS) is 24.6. The van der Waals surface area contributed by atoms with Crippen molar-refractivity contribution >= 4 is 0 Å². The van der Waals surface area contributed by atoms with Gasteiger partial charge in [-0.3, -0.25) is 4.98 Å². The molecule has 2 saturated carbocycles. The second-order valence-corrected chi connectivity index (χ2v) is 7.85. The molecule has 2 aromatic heterocycles. The van der Waals surface area contributed by atoms with Crippen LogP contribution < -0.4 is 0 Å². The molecule has 24 heavy (non-hydrogen) atoms. The van der Waals surface area contributed by atoms with Gasteiger partial charge in [-0.25, -0.2) is 4.98 Å². The van der Waals surface area contributed by atoms with Gasteiger partial charge in [0.15, 0.2) is 0 Å². The molecule has 2 aliphatic carbocycles. The van der Waals surface area contributed by atoms with E-state index in [0.717, 1.165) is 17.8 Å². The summed E-state index contributed by atoms with van der Waals surface area (Å²) in [6.07, 6.45) is 13.1. The Morgan fingerprint density at radius 2 is 1.96 bits per heavy atom. The van der Waals surface area contributed by atoms with Crippen molar-refractivity contribution < 1.29 is 5.11 Å². The van der Waals surface area contributed by atoms with Gasteiger partial charge < -0.3 is 9.67 Å². The average molecular weight is 323 g/mol. The second-order valence-electron chi connectivity index (χ2n) is 7.85. The molecule has 2 unspecified atom stereocenters. The van der Waals surface area contributed by atoms with Crippen molar-refractivity contribution in [2.24, 2.45) is 5.92 Å². The first kappa shape index (κ1) is 14.6. The Kier molecular flexibility index (Phi) is 3.47. The fourth-order valence-electron chi connectivity index (χ4n) is 4.63. The average Bonchev–Trinajstić information content (AvgIpc) is 3.30. The van der Waals surface area contributed by atoms with Crippen LogP contribution in [0.5, 0.6) is 0 Å². The minimum absolute atomic E-state index is 0.146. The summed E-state index contributed by atoms with van der Waals surface area (Å²) in [5, 5.41) is 10.9. The summed E-state index contributed by atoms with van der Waals surface area (Å²) in [6, 6.07) is 4.55. The lowest BCUT2D eigenvalue weighted by Crippen LogP contribution is -2.26. The van der Waals surface area contributed by atoms with Crippen LogP contribution in [0.4, 0.5) is 0 Å². The number of aliphatic hydroxyl groups excluding tert-OH is 1. The fraction of sp³-hybridized carbons (Fsp3) is 0.600. The smallest absolute Gasteiger partial charge is 0.0957 e. The van der Waals surface area contributed by atoms with E-state index in [1.807, 2.05) is 12.5 Å². The Labute approximate surface area is 143 Å². The molecule has 2 fully saturated rings. The first-order valence-electron chi connectivity index (χ1n) is 9.52. The van der Waals surface area contributed by atoms with Crippen molar-refractivity contribution in [3.05, 3.63) is 36.0 Å². The number of aliphatic hydroxyl groups is 1. The molecule has 0 spiro atoms. The Hall–Kier alpha value is -1.68. The predicted molar refractivity (Wildman–Crippen MR) is 92.8 cm³/mol. The van der Waals surface area contributed by atoms with Gasteiger partial charge in [-0.15, -0.1) is 0 Å². The van der Waals surface area contributed by atoms with Crippen LogP contribution in [-0.4, -0.2) is 25.7 Å². The van der Waals surface area contributed by atoms with Crippen molar-refractivity contribution in [2.75, 3.05) is 0 Å². The van der Waals surface area contributed by atoms with Gasteiger partial charge >= 0.3 is 0 Å². The molecule has 0 amide bonds. The number of aromatic nitrogens is 3. The molecule has 4 nitrogen and oxygen atoms in total. The summed E-state index contributed by atoms with van der Waals surface area (Å²) >= 11 is 0. The Morgan fingerprint density at radius 1 is 1.12 bits per heavy atom. The maximum atomic E-state index is 10.9. The van der Waals surface area contributed by atoms with Crippen molar-refractivity contribution in [3.8, 4) is 11.3 Å². The summed E-state index contributed by atoms with van der Waals surface area (Å²) in [4.78, 5) is 9.36. The molecule has 0 aromatic carbocycles. The maximum Gasteiger partial charge on any atom is 0.0957 e. The van der Waals surface area contributed by atoms with Crippen LogP contribution in [0.3, 0.4) is 0 Å². The zero-order chi connectivity index (χ0) is 16.1. The molecule has 1 N–H and O–H groups in total. The minimum atomic E-state index is -0.233. The molecule has 3 aliphatic rings. The second kappa shape index (κ2) is 5.69. The van der Waals surface area contributed by atoms with Gasteiger partial charge in [-0.1, -0.05) is 19.3 Å². The van der Waals surface area contributed by atoms with Crippen LogP contribution >= 0.6 is 0 Å². The molecule has 2 atom stereocenters. The predicted octanol–water partition coefficient (Wildman–Crippen LogP) is 4.06. The SMILES string of the molecule is OC(CC1c2nc(C3CC3)ccc2-c2cncn21)C1CCCCC1. The summed E-state index contributed by atoms with van der Waals surface area (Å²) < 4.78 is 2.22. The molecular formula is C20H25N3O. The summed E-state index contributed by atoms with van der Waals surface area (Å²) in [5.41, 5.74) is 4.76. The lowest BCUT2D eigenvalue weighted by atomic mass is 9.83. The van der Waals surface area contributed by atoms with Gasteiger partial charge in [0.1, 0.15) is 0 Å². The summed E-state index contributed by atoms with van der Waals surface area (Å²) in [6.45, 7) is 0. The van der Waals surface area contributed by atoms with E-state index in [1.54, 1.807) is 0 Å². The lowest BCUT2D eigenvalue weighted by Gasteiger charge is -2.28. The van der Waals surface area contributed by atoms with E-state index in [9.17, 15) is 5.11 Å². The number of hydrogen-bond acceptors (Lipinski definition) is 3. The van der Waals surface area contributed by atoms with Crippen molar-refractivity contribution in [3.63, 3.8) is 0 Å².